The van der Waals surface area contributed by atoms with E-state index in [4.69, 9.17) is 9.98 Å². The number of aromatic nitrogens is 1. The van der Waals surface area contributed by atoms with Crippen molar-refractivity contribution in [1.29, 1.82) is 0 Å². The highest BCUT2D eigenvalue weighted by atomic mass is 32.1. The Kier molecular flexibility index (Phi) is 8.00. The van der Waals surface area contributed by atoms with E-state index in [2.05, 4.69) is 212 Å². The van der Waals surface area contributed by atoms with Crippen LogP contribution in [-0.4, -0.2) is 16.1 Å². The lowest BCUT2D eigenvalue weighted by molar-refractivity contribution is 1.00. The average molecular weight is 864 g/mol. The molecule has 0 radical (unpaired) electrons. The maximum atomic E-state index is 5.84. The number of hydrogen-bond acceptors (Lipinski definition) is 4. The molecule has 0 amide bonds. The number of rotatable bonds is 4. The summed E-state index contributed by atoms with van der Waals surface area (Å²) in [5, 5.41) is 14.7. The van der Waals surface area contributed by atoms with Crippen LogP contribution in [0.25, 0.3) is 106 Å². The van der Waals surface area contributed by atoms with E-state index >= 15 is 0 Å². The first-order valence-corrected chi connectivity index (χ1v) is 23.8. The third-order valence-corrected chi connectivity index (χ3v) is 15.8. The van der Waals surface area contributed by atoms with Gasteiger partial charge in [-0.1, -0.05) is 146 Å². The number of hydrogen-bond donors (Lipinski definition) is 0. The largest absolute Gasteiger partial charge is 0.309 e. The fourth-order valence-electron chi connectivity index (χ4n) is 10.5. The molecule has 0 spiro atoms. The van der Waals surface area contributed by atoms with Crippen molar-refractivity contribution >= 4 is 134 Å². The summed E-state index contributed by atoms with van der Waals surface area (Å²) in [7, 11) is 0. The van der Waals surface area contributed by atoms with Gasteiger partial charge in [-0.05, 0) is 93.0 Å². The lowest BCUT2D eigenvalue weighted by atomic mass is 9.93. The van der Waals surface area contributed by atoms with Gasteiger partial charge < -0.3 is 4.57 Å². The molecule has 1 unspecified atom stereocenters. The maximum absolute atomic E-state index is 5.84. The van der Waals surface area contributed by atoms with Crippen molar-refractivity contribution in [2.45, 2.75) is 6.92 Å². The molecule has 3 nitrogen and oxygen atoms in total. The number of aliphatic imine (C=N–C) groups is 2. The number of para-hydroxylation sites is 1. The summed E-state index contributed by atoms with van der Waals surface area (Å²) in [6, 6.07) is 71.2. The molecule has 0 N–H and O–H groups in total. The second-order valence-electron chi connectivity index (χ2n) is 17.3. The number of benzene rings is 10. The van der Waals surface area contributed by atoms with Crippen LogP contribution in [0.2, 0.25) is 0 Å². The Morgan fingerprint density at radius 2 is 1.11 bits per heavy atom. The van der Waals surface area contributed by atoms with Crippen LogP contribution in [0.4, 0.5) is 0 Å². The van der Waals surface area contributed by atoms with Crippen molar-refractivity contribution in [1.82, 2.24) is 4.57 Å². The minimum Gasteiger partial charge on any atom is -0.309 e. The summed E-state index contributed by atoms with van der Waals surface area (Å²) in [4.78, 5) is 11.6. The lowest BCUT2D eigenvalue weighted by Gasteiger charge is -2.17. The molecule has 1 atom stereocenters. The van der Waals surface area contributed by atoms with E-state index in [1.807, 2.05) is 22.7 Å². The van der Waals surface area contributed by atoms with Crippen molar-refractivity contribution in [2.75, 3.05) is 0 Å². The van der Waals surface area contributed by atoms with Gasteiger partial charge >= 0.3 is 0 Å². The zero-order valence-electron chi connectivity index (χ0n) is 35.3. The molecule has 0 aliphatic carbocycles. The third kappa shape index (κ3) is 5.66. The first-order chi connectivity index (χ1) is 32.1. The van der Waals surface area contributed by atoms with Gasteiger partial charge in [-0.25, -0.2) is 9.98 Å². The van der Waals surface area contributed by atoms with Gasteiger partial charge in [0.1, 0.15) is 0 Å². The van der Waals surface area contributed by atoms with Gasteiger partial charge in [-0.3, -0.25) is 0 Å². The highest BCUT2D eigenvalue weighted by Gasteiger charge is 2.27. The monoisotopic (exact) mass is 863 g/mol. The predicted octanol–water partition coefficient (Wildman–Crippen LogP) is 16.9. The van der Waals surface area contributed by atoms with Crippen LogP contribution >= 0.6 is 22.7 Å². The SMILES string of the molecule is CC1C=C(c2c(-n3c4ccccc4c4cc5ccccc5cc43)ccc3sc4cc5ccccc5cc4c23)N=C(c2ccc3ccccc3c2)N=C1c1cccc2c1sc1ccccc12. The molecular weight excluding hydrogens is 827 g/mol. The van der Waals surface area contributed by atoms with Crippen LogP contribution < -0.4 is 0 Å². The van der Waals surface area contributed by atoms with Gasteiger partial charge in [0.15, 0.2) is 5.84 Å². The van der Waals surface area contributed by atoms with Crippen LogP contribution in [-0.2, 0) is 0 Å². The molecule has 0 bridgehead atoms. The zero-order chi connectivity index (χ0) is 42.8. The van der Waals surface area contributed by atoms with Crippen LogP contribution in [0.3, 0.4) is 0 Å². The number of nitrogens with zero attached hydrogens (tertiary/aromatic N) is 3. The topological polar surface area (TPSA) is 29.6 Å². The summed E-state index contributed by atoms with van der Waals surface area (Å²) in [5.74, 6) is 0.624. The van der Waals surface area contributed by atoms with E-state index < -0.39 is 0 Å². The number of amidine groups is 1. The minimum atomic E-state index is -0.0848. The maximum Gasteiger partial charge on any atom is 0.160 e. The molecule has 1 aliphatic heterocycles. The second kappa shape index (κ2) is 14.2. The molecule has 10 aromatic carbocycles. The Labute approximate surface area is 382 Å². The first kappa shape index (κ1) is 36.8. The van der Waals surface area contributed by atoms with E-state index in [1.54, 1.807) is 0 Å². The van der Waals surface area contributed by atoms with E-state index in [9.17, 15) is 0 Å². The summed E-state index contributed by atoms with van der Waals surface area (Å²) >= 11 is 3.72. The normalized spacial score (nSPS) is 14.7. The van der Waals surface area contributed by atoms with Crippen LogP contribution in [0.15, 0.2) is 210 Å². The summed E-state index contributed by atoms with van der Waals surface area (Å²) in [6.45, 7) is 2.30. The molecule has 13 aromatic rings. The molecule has 304 valence electrons. The van der Waals surface area contributed by atoms with Crippen LogP contribution in [0, 0.1) is 5.92 Å². The van der Waals surface area contributed by atoms with Crippen molar-refractivity contribution in [2.24, 2.45) is 15.9 Å². The highest BCUT2D eigenvalue weighted by molar-refractivity contribution is 7.26. The lowest BCUT2D eigenvalue weighted by Crippen LogP contribution is -2.13. The summed E-state index contributed by atoms with van der Waals surface area (Å²) < 4.78 is 7.53. The molecule has 3 aromatic heterocycles. The van der Waals surface area contributed by atoms with Crippen molar-refractivity contribution < 1.29 is 0 Å². The Bertz CT molecular complexity index is 4270. The van der Waals surface area contributed by atoms with Gasteiger partial charge in [-0.15, -0.1) is 22.7 Å². The third-order valence-electron chi connectivity index (χ3n) is 13.5. The Morgan fingerprint density at radius 1 is 0.446 bits per heavy atom. The van der Waals surface area contributed by atoms with Gasteiger partial charge in [0.2, 0.25) is 0 Å². The van der Waals surface area contributed by atoms with Gasteiger partial charge in [0.05, 0.1) is 28.1 Å². The molecular formula is C60H37N3S2. The van der Waals surface area contributed by atoms with Crippen molar-refractivity contribution in [3.05, 3.63) is 217 Å². The average Bonchev–Trinajstić information content (AvgIpc) is 3.98. The standard InChI is InChI=1S/C60H37N3S2/c1-35-29-49(61-60(42-26-25-36-13-2-3-14-37(36)30-42)62-58(35)46-22-12-21-45-44-20-9-11-24-53(44)65-59(45)46)57-51(27-28-54-56(57)48-32-39-16-5-7-18-41(39)34-55(48)64-54)63-50-23-10-8-19-43(50)47-31-38-15-4-6-17-40(38)33-52(47)63/h2-35H,1H3. The molecule has 0 saturated heterocycles. The van der Waals surface area contributed by atoms with Gasteiger partial charge in [0, 0.05) is 73.7 Å². The van der Waals surface area contributed by atoms with Crippen LogP contribution in [0.5, 0.6) is 0 Å². The van der Waals surface area contributed by atoms with Crippen molar-refractivity contribution in [3.8, 4) is 5.69 Å². The van der Waals surface area contributed by atoms with Crippen LogP contribution in [0.1, 0.15) is 23.6 Å². The fourth-order valence-corrected chi connectivity index (χ4v) is 12.8. The Hall–Kier alpha value is -7.70. The molecule has 5 heteroatoms. The second-order valence-corrected chi connectivity index (χ2v) is 19.5. The van der Waals surface area contributed by atoms with Gasteiger partial charge in [-0.2, -0.15) is 0 Å². The van der Waals surface area contributed by atoms with Gasteiger partial charge in [0.25, 0.3) is 0 Å². The zero-order valence-corrected chi connectivity index (χ0v) is 36.9. The highest BCUT2D eigenvalue weighted by Crippen LogP contribution is 2.46. The van der Waals surface area contributed by atoms with E-state index in [1.165, 1.54) is 83.6 Å². The smallest absolute Gasteiger partial charge is 0.160 e. The van der Waals surface area contributed by atoms with E-state index in [0.29, 0.717) is 5.84 Å². The quantitative estimate of drug-likeness (QED) is 0.169. The summed E-state index contributed by atoms with van der Waals surface area (Å²) in [6.07, 6.45) is 2.39. The first-order valence-electron chi connectivity index (χ1n) is 22.2. The van der Waals surface area contributed by atoms with Crippen molar-refractivity contribution in [3.63, 3.8) is 0 Å². The predicted molar refractivity (Wildman–Crippen MR) is 282 cm³/mol. The fraction of sp³-hybridized carbons (Fsp3) is 0.0333. The molecule has 0 saturated carbocycles. The molecule has 4 heterocycles. The minimum absolute atomic E-state index is 0.0848. The number of fused-ring (bicyclic) bond motifs is 12. The van der Waals surface area contributed by atoms with E-state index in [-0.39, 0.29) is 5.92 Å². The number of allylic oxidation sites excluding steroid dienone is 1. The molecule has 1 aliphatic rings. The Morgan fingerprint density at radius 3 is 1.92 bits per heavy atom. The molecule has 0 fully saturated rings. The molecule has 14 rings (SSSR count). The van der Waals surface area contributed by atoms with E-state index in [0.717, 1.165) is 44.7 Å². The summed E-state index contributed by atoms with van der Waals surface area (Å²) in [5.41, 5.74) is 8.63. The number of thiophene rings is 2. The molecule has 65 heavy (non-hydrogen) atoms. The Balaban J connectivity index is 1.11.